The van der Waals surface area contributed by atoms with Gasteiger partial charge in [-0.25, -0.2) is 0 Å². The second-order valence-corrected chi connectivity index (χ2v) is 8.18. The third-order valence-corrected chi connectivity index (χ3v) is 5.93. The molecule has 0 radical (unpaired) electrons. The van der Waals surface area contributed by atoms with E-state index < -0.39 is 0 Å². The number of likely N-dealkylation sites (N-methyl/N-ethyl adjacent to an activating group) is 1. The van der Waals surface area contributed by atoms with Crippen LogP contribution in [0.25, 0.3) is 0 Å². The molecule has 2 aliphatic rings. The van der Waals surface area contributed by atoms with Crippen molar-refractivity contribution in [3.63, 3.8) is 0 Å². The number of carbonyl (C=O) groups is 2. The van der Waals surface area contributed by atoms with Crippen LogP contribution in [0.2, 0.25) is 0 Å². The summed E-state index contributed by atoms with van der Waals surface area (Å²) in [5, 5.41) is 3.08. The van der Waals surface area contributed by atoms with Crippen molar-refractivity contribution < 1.29 is 14.3 Å². The predicted octanol–water partition coefficient (Wildman–Crippen LogP) is 0.976. The average molecular weight is 403 g/mol. The minimum atomic E-state index is 0.0470. The second-order valence-electron chi connectivity index (χ2n) is 8.18. The van der Waals surface area contributed by atoms with Gasteiger partial charge in [-0.3, -0.25) is 14.5 Å². The summed E-state index contributed by atoms with van der Waals surface area (Å²) in [4.78, 5) is 31.3. The Labute approximate surface area is 174 Å². The normalized spacial score (nSPS) is 19.9. The van der Waals surface area contributed by atoms with Crippen LogP contribution in [0.3, 0.4) is 0 Å². The lowest BCUT2D eigenvalue weighted by Crippen LogP contribution is -2.48. The fraction of sp³-hybridized carbons (Fsp3) is 0.636. The lowest BCUT2D eigenvalue weighted by molar-refractivity contribution is -0.141. The monoisotopic (exact) mass is 402 g/mol. The van der Waals surface area contributed by atoms with Gasteiger partial charge in [-0.1, -0.05) is 30.3 Å². The Hall–Kier alpha value is -1.96. The zero-order valence-electron chi connectivity index (χ0n) is 17.7. The summed E-state index contributed by atoms with van der Waals surface area (Å²) in [6.07, 6.45) is 1.65. The van der Waals surface area contributed by atoms with Crippen molar-refractivity contribution >= 4 is 11.8 Å². The van der Waals surface area contributed by atoms with Gasteiger partial charge in [0.2, 0.25) is 11.8 Å². The molecule has 2 amide bonds. The van der Waals surface area contributed by atoms with Crippen LogP contribution in [0.15, 0.2) is 30.3 Å². The van der Waals surface area contributed by atoms with Crippen LogP contribution in [0.4, 0.5) is 0 Å². The summed E-state index contributed by atoms with van der Waals surface area (Å²) < 4.78 is 5.33. The van der Waals surface area contributed by atoms with Gasteiger partial charge in [-0.2, -0.15) is 0 Å². The van der Waals surface area contributed by atoms with Crippen LogP contribution in [-0.4, -0.2) is 93.1 Å². The van der Waals surface area contributed by atoms with E-state index in [0.717, 1.165) is 25.9 Å². The molecule has 1 atom stereocenters. The molecular formula is C22H34N4O3. The number of amides is 2. The van der Waals surface area contributed by atoms with Gasteiger partial charge in [0.15, 0.2) is 0 Å². The zero-order valence-corrected chi connectivity index (χ0v) is 17.7. The van der Waals surface area contributed by atoms with E-state index >= 15 is 0 Å². The number of morpholine rings is 1. The number of carbonyl (C=O) groups excluding carboxylic acids is 2. The van der Waals surface area contributed by atoms with Crippen LogP contribution in [-0.2, 0) is 14.3 Å². The highest BCUT2D eigenvalue weighted by atomic mass is 16.5. The Morgan fingerprint density at radius 1 is 1.10 bits per heavy atom. The Balaban J connectivity index is 1.40. The maximum Gasteiger partial charge on any atom is 0.234 e. The van der Waals surface area contributed by atoms with E-state index in [-0.39, 0.29) is 23.8 Å². The number of benzene rings is 1. The standard InChI is InChI=1S/C22H34N4O3/c1-24(2)20(18-6-4-3-5-7-18)16-23-21(27)17-25-10-8-19(9-11-25)22(28)26-12-14-29-15-13-26/h3-7,19-20H,8-17H2,1-2H3,(H,23,27). The van der Waals surface area contributed by atoms with Crippen LogP contribution < -0.4 is 5.32 Å². The fourth-order valence-electron chi connectivity index (χ4n) is 4.12. The van der Waals surface area contributed by atoms with Gasteiger partial charge in [0.1, 0.15) is 0 Å². The Morgan fingerprint density at radius 3 is 2.38 bits per heavy atom. The molecule has 2 heterocycles. The maximum atomic E-state index is 12.6. The molecule has 2 saturated heterocycles. The van der Waals surface area contributed by atoms with Crippen molar-refractivity contribution in [2.45, 2.75) is 18.9 Å². The highest BCUT2D eigenvalue weighted by Gasteiger charge is 2.30. The number of hydrogen-bond donors (Lipinski definition) is 1. The van der Waals surface area contributed by atoms with Gasteiger partial charge >= 0.3 is 0 Å². The van der Waals surface area contributed by atoms with E-state index in [2.05, 4.69) is 27.2 Å². The van der Waals surface area contributed by atoms with Crippen molar-refractivity contribution in [2.75, 3.05) is 66.6 Å². The molecule has 7 nitrogen and oxygen atoms in total. The highest BCUT2D eigenvalue weighted by Crippen LogP contribution is 2.20. The van der Waals surface area contributed by atoms with E-state index in [1.807, 2.05) is 37.2 Å². The summed E-state index contributed by atoms with van der Waals surface area (Å²) in [5.41, 5.74) is 1.19. The van der Waals surface area contributed by atoms with Crippen LogP contribution in [0.5, 0.6) is 0 Å². The van der Waals surface area contributed by atoms with Gasteiger partial charge in [0, 0.05) is 25.6 Å². The molecular weight excluding hydrogens is 368 g/mol. The molecule has 1 N–H and O–H groups in total. The number of nitrogens with zero attached hydrogens (tertiary/aromatic N) is 3. The molecule has 29 heavy (non-hydrogen) atoms. The average Bonchev–Trinajstić information content (AvgIpc) is 2.75. The third kappa shape index (κ3) is 6.26. The topological polar surface area (TPSA) is 65.1 Å². The Bertz CT molecular complexity index is 653. The third-order valence-electron chi connectivity index (χ3n) is 5.93. The van der Waals surface area contributed by atoms with Gasteiger partial charge < -0.3 is 19.9 Å². The van der Waals surface area contributed by atoms with Crippen molar-refractivity contribution in [1.29, 1.82) is 0 Å². The molecule has 2 fully saturated rings. The van der Waals surface area contributed by atoms with Gasteiger partial charge in [-0.15, -0.1) is 0 Å². The molecule has 0 saturated carbocycles. The first kappa shape index (κ1) is 21.7. The SMILES string of the molecule is CN(C)C(CNC(=O)CN1CCC(C(=O)N2CCOCC2)CC1)c1ccccc1. The molecule has 1 aromatic rings. The van der Waals surface area contributed by atoms with E-state index in [9.17, 15) is 9.59 Å². The molecule has 0 spiro atoms. The summed E-state index contributed by atoms with van der Waals surface area (Å²) in [5.74, 6) is 0.392. The van der Waals surface area contributed by atoms with Gasteiger partial charge in [-0.05, 0) is 45.6 Å². The number of nitrogens with one attached hydrogen (secondary N) is 1. The molecule has 0 aliphatic carbocycles. The first-order valence-electron chi connectivity index (χ1n) is 10.6. The van der Waals surface area contributed by atoms with Crippen LogP contribution in [0.1, 0.15) is 24.4 Å². The summed E-state index contributed by atoms with van der Waals surface area (Å²) in [7, 11) is 4.06. The smallest absolute Gasteiger partial charge is 0.234 e. The minimum absolute atomic E-state index is 0.0470. The maximum absolute atomic E-state index is 12.6. The number of likely N-dealkylation sites (tertiary alicyclic amines) is 1. The summed E-state index contributed by atoms with van der Waals surface area (Å²) >= 11 is 0. The van der Waals surface area contributed by atoms with E-state index in [4.69, 9.17) is 4.74 Å². The Morgan fingerprint density at radius 2 is 1.76 bits per heavy atom. The molecule has 7 heteroatoms. The van der Waals surface area contributed by atoms with Gasteiger partial charge in [0.05, 0.1) is 25.8 Å². The quantitative estimate of drug-likeness (QED) is 0.737. The Kier molecular flexibility index (Phi) is 8.03. The first-order valence-corrected chi connectivity index (χ1v) is 10.6. The van der Waals surface area contributed by atoms with E-state index in [1.165, 1.54) is 5.56 Å². The predicted molar refractivity (Wildman–Crippen MR) is 112 cm³/mol. The number of rotatable bonds is 7. The fourth-order valence-corrected chi connectivity index (χ4v) is 4.12. The van der Waals surface area contributed by atoms with Crippen LogP contribution >= 0.6 is 0 Å². The molecule has 1 aromatic carbocycles. The number of hydrogen-bond acceptors (Lipinski definition) is 5. The molecule has 160 valence electrons. The van der Waals surface area contributed by atoms with Crippen molar-refractivity contribution in [1.82, 2.24) is 20.0 Å². The van der Waals surface area contributed by atoms with E-state index in [0.29, 0.717) is 39.4 Å². The molecule has 1 unspecified atom stereocenters. The van der Waals surface area contributed by atoms with Gasteiger partial charge in [0.25, 0.3) is 0 Å². The molecule has 0 aromatic heterocycles. The molecule has 2 aliphatic heterocycles. The van der Waals surface area contributed by atoms with E-state index in [1.54, 1.807) is 0 Å². The van der Waals surface area contributed by atoms with Crippen molar-refractivity contribution in [2.24, 2.45) is 5.92 Å². The highest BCUT2D eigenvalue weighted by molar-refractivity contribution is 5.79. The first-order chi connectivity index (χ1) is 14.0. The summed E-state index contributed by atoms with van der Waals surface area (Å²) in [6, 6.07) is 10.4. The number of piperidine rings is 1. The minimum Gasteiger partial charge on any atom is -0.378 e. The summed E-state index contributed by atoms with van der Waals surface area (Å²) in [6.45, 7) is 5.26. The second kappa shape index (κ2) is 10.7. The van der Waals surface area contributed by atoms with Crippen LogP contribution in [0, 0.1) is 5.92 Å². The molecule has 0 bridgehead atoms. The van der Waals surface area contributed by atoms with Crippen molar-refractivity contribution in [3.05, 3.63) is 35.9 Å². The lowest BCUT2D eigenvalue weighted by Gasteiger charge is -2.35. The zero-order chi connectivity index (χ0) is 20.6. The molecule has 3 rings (SSSR count). The van der Waals surface area contributed by atoms with Crippen molar-refractivity contribution in [3.8, 4) is 0 Å². The largest absolute Gasteiger partial charge is 0.378 e. The lowest BCUT2D eigenvalue weighted by atomic mass is 9.95. The number of ether oxygens (including phenoxy) is 1.